The number of benzene rings is 1. The largest absolute Gasteiger partial charge is 0.431 e. The molecule has 2 unspecified atom stereocenters. The molecule has 0 radical (unpaired) electrons. The number of allylic oxidation sites excluding steroid dienone is 2. The first-order chi connectivity index (χ1) is 13.9. The van der Waals surface area contributed by atoms with Crippen LogP contribution in [0.5, 0.6) is 0 Å². The van der Waals surface area contributed by atoms with Gasteiger partial charge in [-0.25, -0.2) is 8.78 Å². The SMILES string of the molecule is OC1c2c(ccc(Br)c2F)C2(C[C@H]1F)CN1C=C(C(F)(F)F)C=C(OC(F)F)C1=N2. The van der Waals surface area contributed by atoms with Gasteiger partial charge in [-0.15, -0.1) is 0 Å². The number of fused-ring (bicyclic) bond motifs is 3. The molecule has 3 atom stereocenters. The molecule has 0 aromatic heterocycles. The molecular weight excluding hydrogens is 489 g/mol. The molecule has 1 aromatic rings. The number of hydrogen-bond donors (Lipinski definition) is 1. The average molecular weight is 501 g/mol. The molecule has 1 aliphatic carbocycles. The molecular formula is C18H12BrF7N2O2. The van der Waals surface area contributed by atoms with Crippen molar-refractivity contribution in [2.24, 2.45) is 4.99 Å². The summed E-state index contributed by atoms with van der Waals surface area (Å²) in [4.78, 5) is 5.15. The molecule has 0 fully saturated rings. The van der Waals surface area contributed by atoms with Gasteiger partial charge in [-0.3, -0.25) is 4.99 Å². The molecule has 0 bridgehead atoms. The number of ether oxygens (including phenoxy) is 1. The second-order valence-corrected chi connectivity index (χ2v) is 7.91. The molecule has 4 nitrogen and oxygen atoms in total. The Morgan fingerprint density at radius 1 is 1.30 bits per heavy atom. The fourth-order valence-corrected chi connectivity index (χ4v) is 4.30. The summed E-state index contributed by atoms with van der Waals surface area (Å²) in [6, 6.07) is 2.66. The first-order valence-corrected chi connectivity index (χ1v) is 9.35. The van der Waals surface area contributed by atoms with Crippen molar-refractivity contribution >= 4 is 21.8 Å². The molecule has 30 heavy (non-hydrogen) atoms. The Bertz CT molecular complexity index is 991. The van der Waals surface area contributed by atoms with Crippen LogP contribution in [-0.2, 0) is 10.3 Å². The van der Waals surface area contributed by atoms with Gasteiger partial charge in [0.15, 0.2) is 11.6 Å². The van der Waals surface area contributed by atoms with E-state index in [0.29, 0.717) is 12.3 Å². The Morgan fingerprint density at radius 3 is 2.63 bits per heavy atom. The van der Waals surface area contributed by atoms with E-state index in [0.717, 1.165) is 4.90 Å². The third kappa shape index (κ3) is 3.29. The van der Waals surface area contributed by atoms with Crippen LogP contribution in [0.15, 0.2) is 45.2 Å². The van der Waals surface area contributed by atoms with E-state index in [9.17, 15) is 35.8 Å². The second-order valence-electron chi connectivity index (χ2n) is 7.05. The Hall–Kier alpha value is -2.08. The van der Waals surface area contributed by atoms with Gasteiger partial charge in [-0.2, -0.15) is 22.0 Å². The van der Waals surface area contributed by atoms with Crippen molar-refractivity contribution in [1.29, 1.82) is 0 Å². The topological polar surface area (TPSA) is 45.1 Å². The lowest BCUT2D eigenvalue weighted by Crippen LogP contribution is -2.41. The number of alkyl halides is 6. The predicted octanol–water partition coefficient (Wildman–Crippen LogP) is 4.86. The van der Waals surface area contributed by atoms with Gasteiger partial charge >= 0.3 is 12.8 Å². The van der Waals surface area contributed by atoms with Crippen LogP contribution in [0.3, 0.4) is 0 Å². The zero-order valence-corrected chi connectivity index (χ0v) is 16.3. The van der Waals surface area contributed by atoms with Crippen molar-refractivity contribution in [3.05, 3.63) is 57.2 Å². The minimum Gasteiger partial charge on any atom is -0.431 e. The summed E-state index contributed by atoms with van der Waals surface area (Å²) in [6.07, 6.45) is -8.11. The van der Waals surface area contributed by atoms with Crippen LogP contribution in [-0.4, -0.2) is 41.3 Å². The van der Waals surface area contributed by atoms with E-state index in [1.54, 1.807) is 0 Å². The molecule has 1 aromatic carbocycles. The smallest absolute Gasteiger partial charge is 0.417 e. The lowest BCUT2D eigenvalue weighted by Gasteiger charge is -2.38. The maximum Gasteiger partial charge on any atom is 0.417 e. The zero-order chi connectivity index (χ0) is 22.0. The number of aliphatic hydroxyl groups excluding tert-OH is 1. The van der Waals surface area contributed by atoms with Gasteiger partial charge in [0.1, 0.15) is 23.6 Å². The lowest BCUT2D eigenvalue weighted by molar-refractivity contribution is -0.0981. The van der Waals surface area contributed by atoms with E-state index in [4.69, 9.17) is 0 Å². The highest BCUT2D eigenvalue weighted by atomic mass is 79.9. The number of amidine groups is 1. The molecule has 0 amide bonds. The van der Waals surface area contributed by atoms with Crippen molar-refractivity contribution in [2.75, 3.05) is 6.54 Å². The number of hydrogen-bond acceptors (Lipinski definition) is 4. The molecule has 2 heterocycles. The summed E-state index contributed by atoms with van der Waals surface area (Å²) < 4.78 is 98.7. The standard InChI is InChI=1S/C18H12BrF7N2O2/c19-9-2-1-8-12(13(9)21)14(29)10(20)4-17(8)6-28-5-7(18(24,25)26)3-11(15(28)27-17)30-16(22)23/h1-3,5,10,14,16,29H,4,6H2/t10-,14?,17?/m1/s1. The highest BCUT2D eigenvalue weighted by Crippen LogP contribution is 2.50. The van der Waals surface area contributed by atoms with Gasteiger partial charge in [0.25, 0.3) is 0 Å². The van der Waals surface area contributed by atoms with Crippen molar-refractivity contribution in [3.63, 3.8) is 0 Å². The minimum atomic E-state index is -4.86. The van der Waals surface area contributed by atoms with E-state index in [1.807, 2.05) is 0 Å². The van der Waals surface area contributed by atoms with Crippen LogP contribution in [0.1, 0.15) is 23.7 Å². The summed E-state index contributed by atoms with van der Waals surface area (Å²) in [6.45, 7) is -3.81. The van der Waals surface area contributed by atoms with Gasteiger partial charge in [-0.1, -0.05) is 6.07 Å². The van der Waals surface area contributed by atoms with Gasteiger partial charge in [0.2, 0.25) is 0 Å². The van der Waals surface area contributed by atoms with Crippen molar-refractivity contribution < 1.29 is 40.6 Å². The summed E-state index contributed by atoms with van der Waals surface area (Å²) >= 11 is 2.94. The van der Waals surface area contributed by atoms with E-state index in [-0.39, 0.29) is 28.0 Å². The summed E-state index contributed by atoms with van der Waals surface area (Å²) in [5, 5.41) is 10.2. The Kier molecular flexibility index (Phi) is 4.92. The number of aliphatic hydroxyl groups is 1. The van der Waals surface area contributed by atoms with Gasteiger partial charge < -0.3 is 14.7 Å². The molecule has 162 valence electrons. The highest BCUT2D eigenvalue weighted by Gasteiger charge is 2.52. The van der Waals surface area contributed by atoms with Gasteiger partial charge in [0.05, 0.1) is 16.6 Å². The van der Waals surface area contributed by atoms with Gasteiger partial charge in [0, 0.05) is 18.2 Å². The third-order valence-electron chi connectivity index (χ3n) is 5.17. The Morgan fingerprint density at radius 2 is 2.00 bits per heavy atom. The van der Waals surface area contributed by atoms with E-state index >= 15 is 0 Å². The molecule has 4 rings (SSSR count). The Balaban J connectivity index is 1.87. The number of rotatable bonds is 2. The highest BCUT2D eigenvalue weighted by molar-refractivity contribution is 9.10. The van der Waals surface area contributed by atoms with E-state index in [2.05, 4.69) is 25.7 Å². The van der Waals surface area contributed by atoms with E-state index < -0.39 is 54.2 Å². The van der Waals surface area contributed by atoms with Crippen LogP contribution in [0.25, 0.3) is 0 Å². The quantitative estimate of drug-likeness (QED) is 0.590. The number of nitrogens with zero attached hydrogens (tertiary/aromatic N) is 2. The number of halogens is 8. The van der Waals surface area contributed by atoms with E-state index in [1.165, 1.54) is 12.1 Å². The van der Waals surface area contributed by atoms with Crippen LogP contribution in [0.4, 0.5) is 30.7 Å². The summed E-state index contributed by atoms with van der Waals surface area (Å²) in [5.41, 5.74) is -3.19. The monoisotopic (exact) mass is 500 g/mol. The first kappa shape index (κ1) is 21.2. The van der Waals surface area contributed by atoms with Crippen LogP contribution in [0, 0.1) is 5.82 Å². The van der Waals surface area contributed by atoms with Crippen molar-refractivity contribution in [3.8, 4) is 0 Å². The predicted molar refractivity (Wildman–Crippen MR) is 93.7 cm³/mol. The molecule has 1 spiro atoms. The maximum absolute atomic E-state index is 14.6. The Labute approximate surface area is 173 Å². The fourth-order valence-electron chi connectivity index (χ4n) is 3.95. The second kappa shape index (κ2) is 6.98. The molecule has 1 N–H and O–H groups in total. The van der Waals surface area contributed by atoms with Crippen molar-refractivity contribution in [1.82, 2.24) is 4.90 Å². The minimum absolute atomic E-state index is 0.0474. The normalized spacial score (nSPS) is 28.2. The van der Waals surface area contributed by atoms with Crippen LogP contribution in [0.2, 0.25) is 0 Å². The zero-order valence-electron chi connectivity index (χ0n) is 14.7. The summed E-state index contributed by atoms with van der Waals surface area (Å²) in [5.74, 6) is -2.13. The molecule has 2 aliphatic heterocycles. The lowest BCUT2D eigenvalue weighted by atomic mass is 9.74. The van der Waals surface area contributed by atoms with Crippen LogP contribution >= 0.6 is 15.9 Å². The first-order valence-electron chi connectivity index (χ1n) is 8.56. The van der Waals surface area contributed by atoms with Crippen molar-refractivity contribution in [2.45, 2.75) is 37.0 Å². The number of aliphatic imine (C=N–C) groups is 1. The molecule has 0 saturated carbocycles. The van der Waals surface area contributed by atoms with Crippen LogP contribution < -0.4 is 0 Å². The third-order valence-corrected chi connectivity index (χ3v) is 5.79. The molecule has 12 heteroatoms. The molecule has 0 saturated heterocycles. The summed E-state index contributed by atoms with van der Waals surface area (Å²) in [7, 11) is 0. The average Bonchev–Trinajstić information content (AvgIpc) is 3.00. The fraction of sp³-hybridized carbons (Fsp3) is 0.389. The van der Waals surface area contributed by atoms with Gasteiger partial charge in [-0.05, 0) is 33.6 Å². The maximum atomic E-state index is 14.6. The molecule has 3 aliphatic rings.